The Morgan fingerprint density at radius 1 is 0.906 bits per heavy atom. The van der Waals surface area contributed by atoms with Gasteiger partial charge in [0, 0.05) is 63.7 Å². The second-order valence-corrected chi connectivity index (χ2v) is 20.4. The van der Waals surface area contributed by atoms with Crippen molar-refractivity contribution >= 4 is 5.97 Å². The zero-order chi connectivity index (χ0) is 47.4. The lowest BCUT2D eigenvalue weighted by Crippen LogP contribution is -2.60. The van der Waals surface area contributed by atoms with Crippen molar-refractivity contribution in [2.24, 2.45) is 29.6 Å². The van der Waals surface area contributed by atoms with E-state index in [1.165, 1.54) is 27.9 Å². The smallest absolute Gasteiger partial charge is 0.330 e. The molecule has 16 nitrogen and oxygen atoms in total. The van der Waals surface area contributed by atoms with Gasteiger partial charge >= 0.3 is 5.97 Å². The van der Waals surface area contributed by atoms with Crippen molar-refractivity contribution in [3.63, 3.8) is 0 Å². The molecule has 0 amide bonds. The number of fused-ring (bicyclic) bond motifs is 3. The lowest BCUT2D eigenvalue weighted by Gasteiger charge is -2.54. The molecule has 7 N–H and O–H groups in total. The molecule has 4 saturated heterocycles. The number of esters is 1. The summed E-state index contributed by atoms with van der Waals surface area (Å²) >= 11 is 0. The van der Waals surface area contributed by atoms with Gasteiger partial charge in [0.25, 0.3) is 0 Å². The van der Waals surface area contributed by atoms with E-state index in [1.54, 1.807) is 14.0 Å². The second-order valence-electron chi connectivity index (χ2n) is 20.4. The summed E-state index contributed by atoms with van der Waals surface area (Å²) < 4.78 is 50.6. The van der Waals surface area contributed by atoms with Crippen LogP contribution in [0.15, 0.2) is 24.3 Å². The normalized spacial score (nSPS) is 49.7. The number of aliphatic hydroxyl groups excluding tert-OH is 5. The highest BCUT2D eigenvalue weighted by Crippen LogP contribution is 2.49. The van der Waals surface area contributed by atoms with E-state index in [0.717, 1.165) is 25.0 Å². The molecule has 0 aliphatic carbocycles. The first-order valence-electron chi connectivity index (χ1n) is 23.8. The summed E-state index contributed by atoms with van der Waals surface area (Å²) in [6.07, 6.45) is -1.38. The number of ether oxygens (including phenoxy) is 8. The minimum atomic E-state index is -2.11. The first-order valence-corrected chi connectivity index (χ1v) is 23.8. The van der Waals surface area contributed by atoms with Crippen LogP contribution in [0.1, 0.15) is 126 Å². The lowest BCUT2D eigenvalue weighted by atomic mass is 9.77. The van der Waals surface area contributed by atoms with E-state index in [4.69, 9.17) is 37.9 Å². The van der Waals surface area contributed by atoms with Gasteiger partial charge in [-0.2, -0.15) is 0 Å². The molecular formula is C48H82O16. The Kier molecular flexibility index (Phi) is 18.5. The number of carbonyl (C=O) groups is 1. The Hall–Kier alpha value is -1.61. The van der Waals surface area contributed by atoms with Crippen molar-refractivity contribution in [1.82, 2.24) is 0 Å². The molecule has 5 aliphatic heterocycles. The topological polar surface area (TPSA) is 233 Å². The molecule has 0 radical (unpaired) electrons. The molecule has 2 unspecified atom stereocenters. The Balaban J connectivity index is 1.51. The number of methoxy groups -OCH3 is 2. The average molecular weight is 915 g/mol. The van der Waals surface area contributed by atoms with Gasteiger partial charge in [0.15, 0.2) is 17.9 Å². The van der Waals surface area contributed by atoms with E-state index in [9.17, 15) is 40.5 Å². The van der Waals surface area contributed by atoms with Crippen molar-refractivity contribution in [1.29, 1.82) is 0 Å². The van der Waals surface area contributed by atoms with E-state index in [1.807, 2.05) is 19.9 Å². The maximum Gasteiger partial charge on any atom is 0.330 e. The predicted molar refractivity (Wildman–Crippen MR) is 234 cm³/mol. The summed E-state index contributed by atoms with van der Waals surface area (Å²) in [5.74, 6) is -4.44. The average Bonchev–Trinajstić information content (AvgIpc) is 3.25. The fraction of sp³-hybridized carbons (Fsp3) is 0.896. The number of aliphatic hydroxyl groups is 7. The van der Waals surface area contributed by atoms with E-state index >= 15 is 0 Å². The third-order valence-electron chi connectivity index (χ3n) is 15.1. The quantitative estimate of drug-likeness (QED) is 0.142. The summed E-state index contributed by atoms with van der Waals surface area (Å²) in [5.41, 5.74) is -3.93. The summed E-state index contributed by atoms with van der Waals surface area (Å²) in [6, 6.07) is 0. The summed E-state index contributed by atoms with van der Waals surface area (Å²) in [7, 11) is 3.06. The van der Waals surface area contributed by atoms with Crippen LogP contribution in [0.25, 0.3) is 0 Å². The van der Waals surface area contributed by atoms with Crippen molar-refractivity contribution in [2.75, 3.05) is 20.8 Å². The molecule has 0 aromatic rings. The van der Waals surface area contributed by atoms with Crippen LogP contribution in [0.2, 0.25) is 0 Å². The van der Waals surface area contributed by atoms with Crippen molar-refractivity contribution < 1.29 is 78.4 Å². The van der Waals surface area contributed by atoms with Crippen LogP contribution < -0.4 is 0 Å². The van der Waals surface area contributed by atoms with Crippen LogP contribution >= 0.6 is 0 Å². The van der Waals surface area contributed by atoms with Gasteiger partial charge in [0.1, 0.15) is 30.0 Å². The minimum Gasteiger partial charge on any atom is -0.459 e. The first-order chi connectivity index (χ1) is 30.0. The van der Waals surface area contributed by atoms with E-state index in [2.05, 4.69) is 19.9 Å². The van der Waals surface area contributed by atoms with Gasteiger partial charge in [-0.25, -0.2) is 4.79 Å². The van der Waals surface area contributed by atoms with Gasteiger partial charge in [0.05, 0.1) is 54.9 Å². The highest BCUT2D eigenvalue weighted by Gasteiger charge is 2.55. The molecule has 4 fully saturated rings. The van der Waals surface area contributed by atoms with Gasteiger partial charge in [-0.15, -0.1) is 0 Å². The molecule has 0 aromatic carbocycles. The van der Waals surface area contributed by atoms with Crippen LogP contribution in [0.5, 0.6) is 0 Å². The molecule has 2 bridgehead atoms. The zero-order valence-electron chi connectivity index (χ0n) is 39.9. The summed E-state index contributed by atoms with van der Waals surface area (Å²) in [5, 5.41) is 80.2. The van der Waals surface area contributed by atoms with Crippen LogP contribution in [0, 0.1) is 29.6 Å². The number of carbonyl (C=O) groups excluding carboxylic acids is 1. The monoisotopic (exact) mass is 915 g/mol. The Labute approximate surface area is 380 Å². The van der Waals surface area contributed by atoms with Crippen LogP contribution in [-0.2, 0) is 42.7 Å². The molecule has 0 saturated carbocycles. The summed E-state index contributed by atoms with van der Waals surface area (Å²) in [6.45, 7) is 14.4. The van der Waals surface area contributed by atoms with Gasteiger partial charge in [0.2, 0.25) is 0 Å². The molecule has 21 atom stereocenters. The Morgan fingerprint density at radius 2 is 1.62 bits per heavy atom. The fourth-order valence-corrected chi connectivity index (χ4v) is 10.4. The molecule has 5 aliphatic rings. The second kappa shape index (κ2) is 22.2. The highest BCUT2D eigenvalue weighted by molar-refractivity contribution is 5.82. The predicted octanol–water partition coefficient (Wildman–Crippen LogP) is 3.81. The molecule has 5 heterocycles. The Morgan fingerprint density at radius 3 is 2.30 bits per heavy atom. The first kappa shape index (κ1) is 53.3. The van der Waals surface area contributed by atoms with Crippen LogP contribution in [-0.4, -0.2) is 159 Å². The third kappa shape index (κ3) is 12.5. The van der Waals surface area contributed by atoms with E-state index < -0.39 is 102 Å². The molecule has 16 heteroatoms. The van der Waals surface area contributed by atoms with Gasteiger partial charge in [-0.3, -0.25) is 0 Å². The fourth-order valence-electron chi connectivity index (χ4n) is 10.4. The molecule has 370 valence electrons. The molecular weight excluding hydrogens is 833 g/mol. The van der Waals surface area contributed by atoms with Crippen molar-refractivity contribution in [3.05, 3.63) is 24.3 Å². The van der Waals surface area contributed by atoms with Crippen molar-refractivity contribution in [2.45, 2.75) is 222 Å². The SMILES string of the molecule is CC[C@@H](O)C[C@@H]1O[C@@]2(CC[C@@H]1C)C[C@@H]1OC(=O)/C=C\[C@@](C)(O)[C@@H](O)[C@H](C)[C@@H](O)[C@H](O[C@H]3CC(OC)[C@H](O)C(C)O3)[C@@H](O)[C@](C)(O)CCC/C=C\[C@@H]3C[C@H](C)CO[C@@]3(OC)C[C@H](O2)[C@H]1C. The van der Waals surface area contributed by atoms with Crippen molar-refractivity contribution in [3.8, 4) is 0 Å². The maximum absolute atomic E-state index is 13.8. The lowest BCUT2D eigenvalue weighted by molar-refractivity contribution is -0.364. The molecule has 1 spiro atoms. The van der Waals surface area contributed by atoms with Crippen LogP contribution in [0.4, 0.5) is 0 Å². The van der Waals surface area contributed by atoms with Gasteiger partial charge < -0.3 is 73.6 Å². The molecule has 64 heavy (non-hydrogen) atoms. The number of hydrogen-bond donors (Lipinski definition) is 7. The number of allylic oxidation sites excluding steroid dienone is 1. The zero-order valence-corrected chi connectivity index (χ0v) is 39.9. The van der Waals surface area contributed by atoms with Gasteiger partial charge in [-0.1, -0.05) is 46.8 Å². The third-order valence-corrected chi connectivity index (χ3v) is 15.1. The molecule has 0 aromatic heterocycles. The standard InChI is InChI=1S/C48H82O16/c1-11-33(49)22-34-28(3)16-20-47(63-34)24-36-29(4)37(64-47)25-48(58-10)32(21-27(2)26-59-48)15-13-12-14-18-45(7,55)44(54)42(62-39-23-35(57-9)41(52)31(6)60-39)40(51)30(5)43(53)46(8,56)19-17-38(50)61-36/h13,15,17,19,27-37,39-44,49,51-56H,11-12,14,16,18,20-26H2,1-10H3/b15-13-,19-17-/t27-,28-,29-,30+,31?,32+,33+,34-,35?,36-,37-,39-,40+,41+,42-,43-,44+,45+,46+,47+,48-/m0/s1. The number of rotatable bonds is 7. The Bertz CT molecular complexity index is 1540. The largest absolute Gasteiger partial charge is 0.459 e. The van der Waals surface area contributed by atoms with Crippen LogP contribution in [0.3, 0.4) is 0 Å². The maximum atomic E-state index is 13.8. The summed E-state index contributed by atoms with van der Waals surface area (Å²) in [4.78, 5) is 13.8. The number of hydrogen-bond acceptors (Lipinski definition) is 16. The minimum absolute atomic E-state index is 0.0399. The van der Waals surface area contributed by atoms with E-state index in [-0.39, 0.29) is 55.5 Å². The van der Waals surface area contributed by atoms with Gasteiger partial charge in [-0.05, 0) is 83.6 Å². The molecule has 5 rings (SSSR count). The highest BCUT2D eigenvalue weighted by atomic mass is 16.7. The van der Waals surface area contributed by atoms with E-state index in [0.29, 0.717) is 38.7 Å².